The fraction of sp³-hybridized carbons (Fsp3) is 0.875. The molecule has 0 aromatic heterocycles. The lowest BCUT2D eigenvalue weighted by molar-refractivity contribution is -0.137. The zero-order valence-electron chi connectivity index (χ0n) is 13.6. The van der Waals surface area contributed by atoms with Gasteiger partial charge in [-0.05, 0) is 42.9 Å². The highest BCUT2D eigenvalue weighted by Crippen LogP contribution is 2.32. The molecule has 5 nitrogen and oxygen atoms in total. The lowest BCUT2D eigenvalue weighted by Gasteiger charge is -2.30. The molecule has 3 N–H and O–H groups in total. The minimum atomic E-state index is -0.754. The predicted octanol–water partition coefficient (Wildman–Crippen LogP) is 3.00. The summed E-state index contributed by atoms with van der Waals surface area (Å²) in [6.45, 7) is 7.73. The molecule has 0 radical (unpaired) electrons. The number of hydrogen-bond acceptors (Lipinski definition) is 2. The van der Waals surface area contributed by atoms with Crippen LogP contribution in [0.15, 0.2) is 0 Å². The maximum atomic E-state index is 11.7. The molecule has 0 aliphatic heterocycles. The molecular weight excluding hydrogens is 268 g/mol. The first kappa shape index (κ1) is 17.8. The molecule has 0 aromatic carbocycles. The third-order valence-corrected chi connectivity index (χ3v) is 4.49. The van der Waals surface area contributed by atoms with Gasteiger partial charge in [0.25, 0.3) is 0 Å². The Hall–Kier alpha value is -1.26. The van der Waals surface area contributed by atoms with E-state index >= 15 is 0 Å². The van der Waals surface area contributed by atoms with Crippen molar-refractivity contribution >= 4 is 12.0 Å². The van der Waals surface area contributed by atoms with Crippen molar-refractivity contribution in [3.05, 3.63) is 0 Å². The van der Waals surface area contributed by atoms with Gasteiger partial charge in [0.15, 0.2) is 0 Å². The van der Waals surface area contributed by atoms with Gasteiger partial charge in [0.05, 0.1) is 0 Å². The Bertz CT molecular complexity index is 346. The van der Waals surface area contributed by atoms with Gasteiger partial charge >= 0.3 is 12.0 Å². The van der Waals surface area contributed by atoms with Crippen molar-refractivity contribution in [2.75, 3.05) is 13.1 Å². The largest absolute Gasteiger partial charge is 0.481 e. The van der Waals surface area contributed by atoms with E-state index in [0.29, 0.717) is 24.8 Å². The van der Waals surface area contributed by atoms with Gasteiger partial charge in [0.2, 0.25) is 0 Å². The highest BCUT2D eigenvalue weighted by molar-refractivity contribution is 5.73. The van der Waals surface area contributed by atoms with Gasteiger partial charge in [-0.25, -0.2) is 4.79 Å². The van der Waals surface area contributed by atoms with Crippen molar-refractivity contribution < 1.29 is 14.7 Å². The van der Waals surface area contributed by atoms with E-state index in [2.05, 4.69) is 31.4 Å². The second-order valence-electron chi connectivity index (χ2n) is 7.22. The first-order valence-electron chi connectivity index (χ1n) is 8.02. The van der Waals surface area contributed by atoms with Gasteiger partial charge in [0, 0.05) is 19.5 Å². The zero-order chi connectivity index (χ0) is 15.9. The summed E-state index contributed by atoms with van der Waals surface area (Å²) in [5, 5.41) is 14.6. The van der Waals surface area contributed by atoms with Crippen LogP contribution < -0.4 is 10.6 Å². The number of carbonyl (C=O) groups is 2. The van der Waals surface area contributed by atoms with Gasteiger partial charge in [-0.1, -0.05) is 27.2 Å². The Morgan fingerprint density at radius 3 is 2.33 bits per heavy atom. The number of nitrogens with one attached hydrogen (secondary N) is 2. The van der Waals surface area contributed by atoms with Gasteiger partial charge in [-0.2, -0.15) is 0 Å². The SMILES string of the molecule is CC(C)(C)C(CCNC(=O)NCC1CCC1)CCC(=O)O. The molecule has 1 saturated carbocycles. The number of urea groups is 1. The standard InChI is InChI=1S/C16H30N2O3/c1-16(2,3)13(7-8-14(19)20)9-10-17-15(21)18-11-12-5-4-6-12/h12-13H,4-11H2,1-3H3,(H,19,20)(H2,17,18,21). The Kier molecular flexibility index (Phi) is 6.99. The van der Waals surface area contributed by atoms with E-state index in [9.17, 15) is 9.59 Å². The number of carboxylic acid groups (broad SMARTS) is 1. The van der Waals surface area contributed by atoms with Gasteiger partial charge in [-0.15, -0.1) is 0 Å². The van der Waals surface area contributed by atoms with Crippen LogP contribution in [0, 0.1) is 17.3 Å². The van der Waals surface area contributed by atoms with E-state index in [-0.39, 0.29) is 17.9 Å². The van der Waals surface area contributed by atoms with Gasteiger partial charge in [0.1, 0.15) is 0 Å². The summed E-state index contributed by atoms with van der Waals surface area (Å²) in [7, 11) is 0. The van der Waals surface area contributed by atoms with Crippen molar-refractivity contribution in [3.8, 4) is 0 Å². The fourth-order valence-corrected chi connectivity index (χ4v) is 2.66. The average Bonchev–Trinajstić information content (AvgIpc) is 2.29. The van der Waals surface area contributed by atoms with E-state index in [4.69, 9.17) is 5.11 Å². The van der Waals surface area contributed by atoms with Crippen LogP contribution in [0.4, 0.5) is 4.79 Å². The Morgan fingerprint density at radius 2 is 1.86 bits per heavy atom. The molecule has 1 fully saturated rings. The zero-order valence-corrected chi connectivity index (χ0v) is 13.6. The van der Waals surface area contributed by atoms with E-state index in [1.165, 1.54) is 19.3 Å². The normalized spacial score (nSPS) is 16.9. The summed E-state index contributed by atoms with van der Waals surface area (Å²) in [5.41, 5.74) is 0.0551. The molecule has 1 rings (SSSR count). The number of carboxylic acids is 1. The van der Waals surface area contributed by atoms with Crippen LogP contribution in [0.2, 0.25) is 0 Å². The maximum absolute atomic E-state index is 11.7. The number of aliphatic carboxylic acids is 1. The molecule has 1 aliphatic rings. The van der Waals surface area contributed by atoms with E-state index in [0.717, 1.165) is 13.0 Å². The molecule has 1 atom stereocenters. The minimum absolute atomic E-state index is 0.0551. The molecule has 0 saturated heterocycles. The molecule has 0 spiro atoms. The summed E-state index contributed by atoms with van der Waals surface area (Å²) in [6, 6.07) is -0.104. The second kappa shape index (κ2) is 8.25. The van der Waals surface area contributed by atoms with Crippen LogP contribution in [-0.4, -0.2) is 30.2 Å². The van der Waals surface area contributed by atoms with Crippen molar-refractivity contribution in [1.82, 2.24) is 10.6 Å². The number of hydrogen-bond donors (Lipinski definition) is 3. The Morgan fingerprint density at radius 1 is 1.19 bits per heavy atom. The number of amides is 2. The summed E-state index contributed by atoms with van der Waals surface area (Å²) in [6.07, 6.45) is 5.39. The highest BCUT2D eigenvalue weighted by atomic mass is 16.4. The molecule has 122 valence electrons. The van der Waals surface area contributed by atoms with Crippen molar-refractivity contribution in [2.24, 2.45) is 17.3 Å². The lowest BCUT2D eigenvalue weighted by atomic mass is 9.76. The smallest absolute Gasteiger partial charge is 0.314 e. The van der Waals surface area contributed by atoms with Crippen LogP contribution in [0.1, 0.15) is 59.3 Å². The summed E-state index contributed by atoms with van der Waals surface area (Å²) >= 11 is 0. The molecule has 21 heavy (non-hydrogen) atoms. The Labute approximate surface area is 127 Å². The minimum Gasteiger partial charge on any atom is -0.481 e. The predicted molar refractivity (Wildman–Crippen MR) is 83.2 cm³/mol. The summed E-state index contributed by atoms with van der Waals surface area (Å²) in [4.78, 5) is 22.4. The van der Waals surface area contributed by atoms with E-state index in [1.54, 1.807) is 0 Å². The topological polar surface area (TPSA) is 78.4 Å². The van der Waals surface area contributed by atoms with Crippen molar-refractivity contribution in [1.29, 1.82) is 0 Å². The molecule has 1 unspecified atom stereocenters. The summed E-state index contributed by atoms with van der Waals surface area (Å²) < 4.78 is 0. The van der Waals surface area contributed by atoms with Crippen LogP contribution >= 0.6 is 0 Å². The molecule has 0 aromatic rings. The van der Waals surface area contributed by atoms with Crippen LogP contribution in [0.5, 0.6) is 0 Å². The molecule has 1 aliphatic carbocycles. The van der Waals surface area contributed by atoms with Crippen molar-refractivity contribution in [2.45, 2.75) is 59.3 Å². The second-order valence-corrected chi connectivity index (χ2v) is 7.22. The quantitative estimate of drug-likeness (QED) is 0.644. The van der Waals surface area contributed by atoms with Crippen LogP contribution in [-0.2, 0) is 4.79 Å². The van der Waals surface area contributed by atoms with Gasteiger partial charge in [-0.3, -0.25) is 4.79 Å². The van der Waals surface area contributed by atoms with Crippen LogP contribution in [0.25, 0.3) is 0 Å². The van der Waals surface area contributed by atoms with E-state index in [1.807, 2.05) is 0 Å². The Balaban J connectivity index is 2.21. The van der Waals surface area contributed by atoms with Gasteiger partial charge < -0.3 is 15.7 Å². The molecule has 0 heterocycles. The summed E-state index contributed by atoms with van der Waals surface area (Å²) in [5.74, 6) is 0.199. The van der Waals surface area contributed by atoms with E-state index < -0.39 is 5.97 Å². The molecular formula is C16H30N2O3. The number of carbonyl (C=O) groups excluding carboxylic acids is 1. The molecule has 5 heteroatoms. The third kappa shape index (κ3) is 7.34. The maximum Gasteiger partial charge on any atom is 0.314 e. The first-order valence-corrected chi connectivity index (χ1v) is 8.02. The van der Waals surface area contributed by atoms with Crippen LogP contribution in [0.3, 0.4) is 0 Å². The van der Waals surface area contributed by atoms with Crippen molar-refractivity contribution in [3.63, 3.8) is 0 Å². The fourth-order valence-electron chi connectivity index (χ4n) is 2.66. The monoisotopic (exact) mass is 298 g/mol. The molecule has 0 bridgehead atoms. The lowest BCUT2D eigenvalue weighted by Crippen LogP contribution is -2.40. The first-order chi connectivity index (χ1) is 9.79. The average molecular weight is 298 g/mol. The number of rotatable bonds is 8. The highest BCUT2D eigenvalue weighted by Gasteiger charge is 2.25. The molecule has 2 amide bonds. The third-order valence-electron chi connectivity index (χ3n) is 4.49.